The van der Waals surface area contributed by atoms with Gasteiger partial charge >= 0.3 is 0 Å². The average Bonchev–Trinajstić information content (AvgIpc) is 2.22. The van der Waals surface area contributed by atoms with Crippen molar-refractivity contribution in [3.8, 4) is 5.75 Å². The van der Waals surface area contributed by atoms with Gasteiger partial charge in [-0.2, -0.15) is 0 Å². The zero-order chi connectivity index (χ0) is 13.8. The van der Waals surface area contributed by atoms with Gasteiger partial charge in [0.2, 0.25) is 10.0 Å². The highest BCUT2D eigenvalue weighted by Gasteiger charge is 2.12. The minimum Gasteiger partial charge on any atom is -0.505 e. The Morgan fingerprint density at radius 3 is 2.67 bits per heavy atom. The molecule has 1 aromatic rings. The van der Waals surface area contributed by atoms with Crippen LogP contribution in [0.4, 0.5) is 10.1 Å². The van der Waals surface area contributed by atoms with Crippen molar-refractivity contribution in [3.63, 3.8) is 0 Å². The first kappa shape index (κ1) is 14.7. The predicted octanol–water partition coefficient (Wildman–Crippen LogP) is 1.70. The molecule has 0 aromatic heterocycles. The van der Waals surface area contributed by atoms with Crippen molar-refractivity contribution in [2.24, 2.45) is 0 Å². The highest BCUT2D eigenvalue weighted by molar-refractivity contribution is 7.92. The fourth-order valence-electron chi connectivity index (χ4n) is 1.19. The molecule has 0 aliphatic rings. The third-order valence-corrected chi connectivity index (χ3v) is 3.28. The maximum absolute atomic E-state index is 13.0. The Labute approximate surface area is 106 Å². The van der Waals surface area contributed by atoms with Crippen molar-refractivity contribution in [1.29, 1.82) is 0 Å². The predicted molar refractivity (Wildman–Crippen MR) is 66.6 cm³/mol. The molecule has 0 saturated carbocycles. The lowest BCUT2D eigenvalue weighted by molar-refractivity contribution is 0.0913. The normalized spacial score (nSPS) is 11.8. The van der Waals surface area contributed by atoms with Gasteiger partial charge in [0.25, 0.3) is 0 Å². The van der Waals surface area contributed by atoms with Crippen LogP contribution in [0.5, 0.6) is 5.75 Å². The number of nitrogens with one attached hydrogen (secondary N) is 1. The molecule has 102 valence electrons. The number of sulfonamides is 1. The van der Waals surface area contributed by atoms with Gasteiger partial charge in [-0.25, -0.2) is 12.8 Å². The summed E-state index contributed by atoms with van der Waals surface area (Å²) in [5.74, 6) is -1.62. The van der Waals surface area contributed by atoms with Crippen molar-refractivity contribution in [2.75, 3.05) is 17.1 Å². The van der Waals surface area contributed by atoms with Crippen LogP contribution in [0.1, 0.15) is 13.8 Å². The summed E-state index contributed by atoms with van der Waals surface area (Å²) in [5.41, 5.74) is 0.0647. The summed E-state index contributed by atoms with van der Waals surface area (Å²) < 4.78 is 43.5. The van der Waals surface area contributed by atoms with E-state index < -0.39 is 21.6 Å². The Bertz CT molecular complexity index is 502. The van der Waals surface area contributed by atoms with Crippen molar-refractivity contribution in [1.82, 2.24) is 0 Å². The molecule has 0 atom stereocenters. The van der Waals surface area contributed by atoms with Crippen LogP contribution in [0, 0.1) is 5.82 Å². The number of hydrogen-bond acceptors (Lipinski definition) is 4. The van der Waals surface area contributed by atoms with E-state index in [2.05, 4.69) is 4.72 Å². The number of aromatic hydroxyl groups is 1. The summed E-state index contributed by atoms with van der Waals surface area (Å²) in [5, 5.41) is 8.97. The van der Waals surface area contributed by atoms with Gasteiger partial charge < -0.3 is 9.84 Å². The van der Waals surface area contributed by atoms with Crippen molar-refractivity contribution >= 4 is 15.7 Å². The summed E-state index contributed by atoms with van der Waals surface area (Å²) in [6.07, 6.45) is -0.0497. The Hall–Kier alpha value is -1.34. The van der Waals surface area contributed by atoms with Gasteiger partial charge in [-0.15, -0.1) is 0 Å². The lowest BCUT2D eigenvalue weighted by atomic mass is 10.3. The molecule has 7 heteroatoms. The molecule has 0 saturated heterocycles. The Kier molecular flexibility index (Phi) is 4.92. The zero-order valence-electron chi connectivity index (χ0n) is 10.2. The maximum atomic E-state index is 13.0. The van der Waals surface area contributed by atoms with E-state index in [1.54, 1.807) is 13.8 Å². The summed E-state index contributed by atoms with van der Waals surface area (Å²) in [4.78, 5) is 0. The molecule has 0 unspecified atom stereocenters. The minimum atomic E-state index is -3.58. The van der Waals surface area contributed by atoms with E-state index >= 15 is 0 Å². The van der Waals surface area contributed by atoms with Gasteiger partial charge in [0.05, 0.1) is 24.2 Å². The van der Waals surface area contributed by atoms with Gasteiger partial charge in [-0.3, -0.25) is 4.72 Å². The van der Waals surface area contributed by atoms with Crippen LogP contribution in [0.3, 0.4) is 0 Å². The zero-order valence-corrected chi connectivity index (χ0v) is 11.0. The molecule has 1 aromatic carbocycles. The molecule has 1 rings (SSSR count). The summed E-state index contributed by atoms with van der Waals surface area (Å²) in [7, 11) is -3.58. The van der Waals surface area contributed by atoms with E-state index in [1.165, 1.54) is 6.07 Å². The fraction of sp³-hybridized carbons (Fsp3) is 0.455. The first-order chi connectivity index (χ1) is 8.30. The molecule has 0 spiro atoms. The van der Waals surface area contributed by atoms with Gasteiger partial charge in [0.1, 0.15) is 0 Å². The monoisotopic (exact) mass is 277 g/mol. The van der Waals surface area contributed by atoms with Gasteiger partial charge in [-0.05, 0) is 26.0 Å². The number of anilines is 1. The third kappa shape index (κ3) is 4.89. The number of phenolic OH excluding ortho intramolecular Hbond substituents is 1. The van der Waals surface area contributed by atoms with E-state index in [9.17, 15) is 12.8 Å². The molecule has 0 bridgehead atoms. The highest BCUT2D eigenvalue weighted by Crippen LogP contribution is 2.20. The van der Waals surface area contributed by atoms with Crippen LogP contribution in [-0.4, -0.2) is 32.0 Å². The van der Waals surface area contributed by atoms with E-state index in [-0.39, 0.29) is 24.2 Å². The number of benzene rings is 1. The number of phenols is 1. The van der Waals surface area contributed by atoms with Crippen LogP contribution in [0.25, 0.3) is 0 Å². The molecule has 0 heterocycles. The maximum Gasteiger partial charge on any atom is 0.235 e. The van der Waals surface area contributed by atoms with Gasteiger partial charge in [0, 0.05) is 6.07 Å². The van der Waals surface area contributed by atoms with Gasteiger partial charge in [0.15, 0.2) is 11.6 Å². The molecule has 0 aliphatic heterocycles. The number of halogens is 1. The molecule has 5 nitrogen and oxygen atoms in total. The molecular weight excluding hydrogens is 261 g/mol. The van der Waals surface area contributed by atoms with Crippen LogP contribution in [-0.2, 0) is 14.8 Å². The minimum absolute atomic E-state index is 0.0497. The SMILES string of the molecule is CC(C)OCCS(=O)(=O)Nc1ccc(O)c(F)c1. The molecule has 0 amide bonds. The van der Waals surface area contributed by atoms with E-state index in [4.69, 9.17) is 9.84 Å². The molecule has 0 radical (unpaired) electrons. The second-order valence-electron chi connectivity index (χ2n) is 4.01. The molecule has 2 N–H and O–H groups in total. The summed E-state index contributed by atoms with van der Waals surface area (Å²) in [6.45, 7) is 3.67. The first-order valence-corrected chi connectivity index (χ1v) is 7.06. The third-order valence-electron chi connectivity index (χ3n) is 2.02. The quantitative estimate of drug-likeness (QED) is 0.776. The molecule has 0 fully saturated rings. The molecular formula is C11H16FNO4S. The second-order valence-corrected chi connectivity index (χ2v) is 5.85. The highest BCUT2D eigenvalue weighted by atomic mass is 32.2. The van der Waals surface area contributed by atoms with E-state index in [0.29, 0.717) is 0 Å². The van der Waals surface area contributed by atoms with Gasteiger partial charge in [-0.1, -0.05) is 0 Å². The number of hydrogen-bond donors (Lipinski definition) is 2. The summed E-state index contributed by atoms with van der Waals surface area (Å²) >= 11 is 0. The molecule has 18 heavy (non-hydrogen) atoms. The lowest BCUT2D eigenvalue weighted by Crippen LogP contribution is -2.21. The van der Waals surface area contributed by atoms with Crippen LogP contribution >= 0.6 is 0 Å². The fourth-order valence-corrected chi connectivity index (χ4v) is 2.10. The van der Waals surface area contributed by atoms with E-state index in [1.807, 2.05) is 0 Å². The van der Waals surface area contributed by atoms with Crippen LogP contribution in [0.15, 0.2) is 18.2 Å². The Morgan fingerprint density at radius 2 is 2.11 bits per heavy atom. The molecule has 0 aliphatic carbocycles. The lowest BCUT2D eigenvalue weighted by Gasteiger charge is -2.10. The standard InChI is InChI=1S/C11H16FNO4S/c1-8(2)17-5-6-18(15,16)13-9-3-4-11(14)10(12)7-9/h3-4,7-8,13-14H,5-6H2,1-2H3. The smallest absolute Gasteiger partial charge is 0.235 e. The van der Waals surface area contributed by atoms with Crippen LogP contribution in [0.2, 0.25) is 0 Å². The first-order valence-electron chi connectivity index (χ1n) is 5.41. The topological polar surface area (TPSA) is 75.6 Å². The van der Waals surface area contributed by atoms with Crippen molar-refractivity contribution < 1.29 is 22.7 Å². The summed E-state index contributed by atoms with van der Waals surface area (Å²) in [6, 6.07) is 3.27. The van der Waals surface area contributed by atoms with Crippen molar-refractivity contribution in [3.05, 3.63) is 24.0 Å². The second kappa shape index (κ2) is 6.01. The number of rotatable bonds is 6. The van der Waals surface area contributed by atoms with E-state index in [0.717, 1.165) is 12.1 Å². The van der Waals surface area contributed by atoms with Crippen molar-refractivity contribution in [2.45, 2.75) is 20.0 Å². The number of ether oxygens (including phenoxy) is 1. The Balaban J connectivity index is 2.62. The Morgan fingerprint density at radius 1 is 1.44 bits per heavy atom. The average molecular weight is 277 g/mol. The van der Waals surface area contributed by atoms with Crippen LogP contribution < -0.4 is 4.72 Å². The largest absolute Gasteiger partial charge is 0.505 e.